The molecular formula is C22H23ClO4. The van der Waals surface area contributed by atoms with Gasteiger partial charge in [0.25, 0.3) is 0 Å². The fourth-order valence-electron chi connectivity index (χ4n) is 2.88. The summed E-state index contributed by atoms with van der Waals surface area (Å²) < 4.78 is 17.1. The lowest BCUT2D eigenvalue weighted by molar-refractivity contribution is 0.0523. The normalized spacial score (nSPS) is 11.6. The van der Waals surface area contributed by atoms with Crippen molar-refractivity contribution in [1.82, 2.24) is 0 Å². The van der Waals surface area contributed by atoms with Crippen LogP contribution in [0.2, 0.25) is 5.02 Å². The molecule has 0 saturated heterocycles. The van der Waals surface area contributed by atoms with Gasteiger partial charge in [-0.3, -0.25) is 0 Å². The van der Waals surface area contributed by atoms with Gasteiger partial charge in [0, 0.05) is 21.4 Å². The molecule has 0 spiro atoms. The van der Waals surface area contributed by atoms with Gasteiger partial charge in [-0.05, 0) is 31.2 Å². The number of hydrogen-bond acceptors (Lipinski definition) is 4. The zero-order valence-electron chi connectivity index (χ0n) is 16.0. The van der Waals surface area contributed by atoms with E-state index in [2.05, 4.69) is 0 Å². The summed E-state index contributed by atoms with van der Waals surface area (Å²) in [6.07, 6.45) is 0. The predicted octanol–water partition coefficient (Wildman–Crippen LogP) is 6.14. The Labute approximate surface area is 164 Å². The van der Waals surface area contributed by atoms with Gasteiger partial charge in [-0.25, -0.2) is 4.79 Å². The molecule has 0 radical (unpaired) electrons. The maximum Gasteiger partial charge on any atom is 0.342 e. The third-order valence-corrected chi connectivity index (χ3v) is 4.54. The second-order valence-electron chi connectivity index (χ2n) is 7.31. The van der Waals surface area contributed by atoms with Crippen LogP contribution in [0.1, 0.15) is 49.4 Å². The van der Waals surface area contributed by atoms with Gasteiger partial charge in [-0.15, -0.1) is 0 Å². The van der Waals surface area contributed by atoms with Gasteiger partial charge in [0.2, 0.25) is 0 Å². The largest absolute Gasteiger partial charge is 0.489 e. The Hall–Kier alpha value is -2.46. The molecule has 5 heteroatoms. The van der Waals surface area contributed by atoms with Gasteiger partial charge >= 0.3 is 5.97 Å². The van der Waals surface area contributed by atoms with E-state index in [0.717, 1.165) is 5.56 Å². The second kappa shape index (κ2) is 7.65. The molecule has 0 bridgehead atoms. The molecule has 142 valence electrons. The highest BCUT2D eigenvalue weighted by atomic mass is 35.5. The summed E-state index contributed by atoms with van der Waals surface area (Å²) >= 11 is 6.18. The SMILES string of the molecule is CCOC(=O)c1c(C(C)(C)C)oc2ccc(OCc3ccccc3Cl)cc12. The molecule has 1 heterocycles. The summed E-state index contributed by atoms with van der Waals surface area (Å²) in [6, 6.07) is 13.0. The summed E-state index contributed by atoms with van der Waals surface area (Å²) in [5.74, 6) is 0.859. The number of carbonyl (C=O) groups is 1. The molecule has 27 heavy (non-hydrogen) atoms. The van der Waals surface area contributed by atoms with Crippen LogP contribution in [0.4, 0.5) is 0 Å². The Balaban J connectivity index is 1.99. The van der Waals surface area contributed by atoms with Crippen LogP contribution in [0.5, 0.6) is 5.75 Å². The number of ether oxygens (including phenoxy) is 2. The average Bonchev–Trinajstić information content (AvgIpc) is 3.00. The zero-order valence-corrected chi connectivity index (χ0v) is 16.7. The first kappa shape index (κ1) is 19.3. The molecule has 0 N–H and O–H groups in total. The van der Waals surface area contributed by atoms with Crippen molar-refractivity contribution in [2.75, 3.05) is 6.61 Å². The number of esters is 1. The van der Waals surface area contributed by atoms with Crippen LogP contribution in [0.15, 0.2) is 46.9 Å². The first-order valence-electron chi connectivity index (χ1n) is 8.91. The van der Waals surface area contributed by atoms with Crippen molar-refractivity contribution < 1.29 is 18.7 Å². The molecule has 0 aliphatic carbocycles. The van der Waals surface area contributed by atoms with Crippen molar-refractivity contribution in [1.29, 1.82) is 0 Å². The average molecular weight is 387 g/mol. The predicted molar refractivity (Wildman–Crippen MR) is 107 cm³/mol. The van der Waals surface area contributed by atoms with Gasteiger partial charge in [-0.2, -0.15) is 0 Å². The second-order valence-corrected chi connectivity index (χ2v) is 7.72. The van der Waals surface area contributed by atoms with E-state index in [1.165, 1.54) is 0 Å². The fraction of sp³-hybridized carbons (Fsp3) is 0.318. The smallest absolute Gasteiger partial charge is 0.342 e. The number of fused-ring (bicyclic) bond motifs is 1. The molecular weight excluding hydrogens is 364 g/mol. The van der Waals surface area contributed by atoms with Crippen LogP contribution in [0.25, 0.3) is 11.0 Å². The van der Waals surface area contributed by atoms with Gasteiger partial charge < -0.3 is 13.9 Å². The number of rotatable bonds is 5. The van der Waals surface area contributed by atoms with Crippen molar-refractivity contribution in [2.24, 2.45) is 0 Å². The van der Waals surface area contributed by atoms with E-state index in [1.807, 2.05) is 63.2 Å². The van der Waals surface area contributed by atoms with Crippen LogP contribution in [-0.4, -0.2) is 12.6 Å². The van der Waals surface area contributed by atoms with E-state index in [1.54, 1.807) is 6.92 Å². The highest BCUT2D eigenvalue weighted by Crippen LogP contribution is 2.36. The Bertz CT molecular complexity index is 966. The van der Waals surface area contributed by atoms with Crippen molar-refractivity contribution >= 4 is 28.5 Å². The van der Waals surface area contributed by atoms with E-state index >= 15 is 0 Å². The molecule has 3 rings (SSSR count). The summed E-state index contributed by atoms with van der Waals surface area (Å²) in [4.78, 5) is 12.6. The van der Waals surface area contributed by atoms with Gasteiger partial charge in [0.1, 0.15) is 29.3 Å². The van der Waals surface area contributed by atoms with Crippen molar-refractivity contribution in [3.8, 4) is 5.75 Å². The first-order valence-corrected chi connectivity index (χ1v) is 9.29. The van der Waals surface area contributed by atoms with Crippen LogP contribution in [0.3, 0.4) is 0 Å². The van der Waals surface area contributed by atoms with E-state index < -0.39 is 0 Å². The van der Waals surface area contributed by atoms with Crippen LogP contribution >= 0.6 is 11.6 Å². The molecule has 1 aromatic heterocycles. The minimum absolute atomic E-state index is 0.303. The summed E-state index contributed by atoms with van der Waals surface area (Å²) in [7, 11) is 0. The molecule has 0 unspecified atom stereocenters. The topological polar surface area (TPSA) is 48.7 Å². The van der Waals surface area contributed by atoms with Crippen LogP contribution < -0.4 is 4.74 Å². The first-order chi connectivity index (χ1) is 12.8. The van der Waals surface area contributed by atoms with E-state index in [9.17, 15) is 4.79 Å². The molecule has 0 atom stereocenters. The molecule has 0 aliphatic rings. The quantitative estimate of drug-likeness (QED) is 0.494. The van der Waals surface area contributed by atoms with Gasteiger partial charge in [0.05, 0.1) is 6.61 Å². The highest BCUT2D eigenvalue weighted by Gasteiger charge is 2.30. The molecule has 0 fully saturated rings. The molecule has 3 aromatic rings. The summed E-state index contributed by atoms with van der Waals surface area (Å²) in [5, 5.41) is 1.35. The molecule has 0 amide bonds. The third-order valence-electron chi connectivity index (χ3n) is 4.17. The minimum atomic E-state index is -0.385. The molecule has 0 saturated carbocycles. The number of hydrogen-bond donors (Lipinski definition) is 0. The standard InChI is InChI=1S/C22H23ClO4/c1-5-25-21(24)19-16-12-15(26-13-14-8-6-7-9-17(14)23)10-11-18(16)27-20(19)22(2,3)4/h6-12H,5,13H2,1-4H3. The minimum Gasteiger partial charge on any atom is -0.489 e. The molecule has 4 nitrogen and oxygen atoms in total. The molecule has 2 aromatic carbocycles. The van der Waals surface area contributed by atoms with Gasteiger partial charge in [0.15, 0.2) is 0 Å². The van der Waals surface area contributed by atoms with Crippen LogP contribution in [0, 0.1) is 0 Å². The highest BCUT2D eigenvalue weighted by molar-refractivity contribution is 6.31. The van der Waals surface area contributed by atoms with E-state index in [-0.39, 0.29) is 11.4 Å². The fourth-order valence-corrected chi connectivity index (χ4v) is 3.07. The number of carbonyl (C=O) groups excluding carboxylic acids is 1. The van der Waals surface area contributed by atoms with Crippen molar-refractivity contribution in [3.05, 3.63) is 64.4 Å². The number of furan rings is 1. The maximum atomic E-state index is 12.6. The third kappa shape index (κ3) is 4.11. The van der Waals surface area contributed by atoms with Crippen molar-refractivity contribution in [3.63, 3.8) is 0 Å². The number of halogens is 1. The Kier molecular flexibility index (Phi) is 5.47. The Morgan fingerprint density at radius 3 is 2.56 bits per heavy atom. The Morgan fingerprint density at radius 1 is 1.15 bits per heavy atom. The monoisotopic (exact) mass is 386 g/mol. The van der Waals surface area contributed by atoms with Gasteiger partial charge in [-0.1, -0.05) is 50.6 Å². The lowest BCUT2D eigenvalue weighted by atomic mass is 9.89. The maximum absolute atomic E-state index is 12.6. The lowest BCUT2D eigenvalue weighted by Crippen LogP contribution is -2.16. The van der Waals surface area contributed by atoms with Crippen molar-refractivity contribution in [2.45, 2.75) is 39.7 Å². The molecule has 0 aliphatic heterocycles. The summed E-state index contributed by atoms with van der Waals surface area (Å²) in [5.41, 5.74) is 1.66. The number of benzene rings is 2. The van der Waals surface area contributed by atoms with E-state index in [4.69, 9.17) is 25.5 Å². The zero-order chi connectivity index (χ0) is 19.6. The summed E-state index contributed by atoms with van der Waals surface area (Å²) in [6.45, 7) is 8.43. The lowest BCUT2D eigenvalue weighted by Gasteiger charge is -2.16. The van der Waals surface area contributed by atoms with Crippen LogP contribution in [-0.2, 0) is 16.8 Å². The van der Waals surface area contributed by atoms with E-state index in [0.29, 0.717) is 46.3 Å². The Morgan fingerprint density at radius 2 is 1.89 bits per heavy atom.